The molecule has 0 amide bonds. The molecule has 0 aliphatic carbocycles. The van der Waals surface area contributed by atoms with Crippen LogP contribution in [0.15, 0.2) is 32.6 Å². The average molecular weight is 369 g/mol. The zero-order valence-corrected chi connectivity index (χ0v) is 13.9. The summed E-state index contributed by atoms with van der Waals surface area (Å²) >= 11 is 8.42. The molecule has 0 radical (unpaired) electrons. The van der Waals surface area contributed by atoms with Crippen molar-refractivity contribution in [2.24, 2.45) is 5.10 Å². The van der Waals surface area contributed by atoms with Crippen LogP contribution in [0.3, 0.4) is 0 Å². The monoisotopic (exact) mass is 368 g/mol. The van der Waals surface area contributed by atoms with Crippen LogP contribution in [0.2, 0.25) is 0 Å². The standard InChI is InChI=1S/C13H13BrN4O2S/c1-3-20-11-5-4-9(6-10(11)14)7-15-18-12(19)8(2)16-17-13(18)21/h4-7H,3H2,1-2H3,(H,17,21)/b15-7-. The fraction of sp³-hybridized carbons (Fsp3) is 0.231. The van der Waals surface area contributed by atoms with E-state index < -0.39 is 0 Å². The van der Waals surface area contributed by atoms with E-state index in [2.05, 4.69) is 31.2 Å². The van der Waals surface area contributed by atoms with E-state index in [9.17, 15) is 4.79 Å². The maximum Gasteiger partial charge on any atom is 0.296 e. The van der Waals surface area contributed by atoms with E-state index in [1.807, 2.05) is 25.1 Å². The SMILES string of the molecule is CCOc1ccc(/C=N\n2c(=S)[nH]nc(C)c2=O)cc1Br. The largest absolute Gasteiger partial charge is 0.493 e. The second-order valence-corrected chi connectivity index (χ2v) is 5.34. The number of aryl methyl sites for hydroxylation is 1. The minimum atomic E-state index is -0.347. The molecule has 8 heteroatoms. The van der Waals surface area contributed by atoms with Gasteiger partial charge in [-0.3, -0.25) is 9.89 Å². The summed E-state index contributed by atoms with van der Waals surface area (Å²) in [4.78, 5) is 11.9. The zero-order valence-electron chi connectivity index (χ0n) is 11.5. The number of nitrogens with one attached hydrogen (secondary N) is 1. The van der Waals surface area contributed by atoms with Gasteiger partial charge in [-0.1, -0.05) is 0 Å². The Bertz CT molecular complexity index is 797. The van der Waals surface area contributed by atoms with Gasteiger partial charge in [0.05, 0.1) is 17.3 Å². The van der Waals surface area contributed by atoms with E-state index in [4.69, 9.17) is 17.0 Å². The molecule has 2 aromatic rings. The smallest absolute Gasteiger partial charge is 0.296 e. The summed E-state index contributed by atoms with van der Waals surface area (Å²) in [5, 5.41) is 10.4. The molecule has 1 heterocycles. The van der Waals surface area contributed by atoms with Crippen molar-refractivity contribution < 1.29 is 4.74 Å². The van der Waals surface area contributed by atoms with Gasteiger partial charge in [-0.15, -0.1) is 0 Å². The second-order valence-electron chi connectivity index (χ2n) is 4.10. The molecule has 1 aromatic carbocycles. The number of hydrogen-bond acceptors (Lipinski definition) is 5. The van der Waals surface area contributed by atoms with E-state index in [-0.39, 0.29) is 10.3 Å². The van der Waals surface area contributed by atoms with Crippen LogP contribution in [0.1, 0.15) is 18.2 Å². The van der Waals surface area contributed by atoms with Crippen molar-refractivity contribution in [3.63, 3.8) is 0 Å². The number of H-pyrrole nitrogens is 1. The molecule has 6 nitrogen and oxygen atoms in total. The lowest BCUT2D eigenvalue weighted by atomic mass is 10.2. The van der Waals surface area contributed by atoms with Crippen molar-refractivity contribution in [3.05, 3.63) is 49.1 Å². The Balaban J connectivity index is 2.35. The maximum absolute atomic E-state index is 11.9. The molecule has 21 heavy (non-hydrogen) atoms. The van der Waals surface area contributed by atoms with Crippen LogP contribution in [0.5, 0.6) is 5.75 Å². The number of halogens is 1. The number of hydrogen-bond donors (Lipinski definition) is 1. The normalized spacial score (nSPS) is 11.0. The Hall–Kier alpha value is -1.80. The van der Waals surface area contributed by atoms with Crippen molar-refractivity contribution in [1.29, 1.82) is 0 Å². The van der Waals surface area contributed by atoms with Gasteiger partial charge in [0, 0.05) is 0 Å². The Morgan fingerprint density at radius 1 is 1.57 bits per heavy atom. The van der Waals surface area contributed by atoms with Gasteiger partial charge in [-0.2, -0.15) is 14.9 Å². The number of benzene rings is 1. The molecule has 1 aromatic heterocycles. The first kappa shape index (κ1) is 15.6. The molecule has 0 bridgehead atoms. The summed E-state index contributed by atoms with van der Waals surface area (Å²) in [6.45, 7) is 4.10. The quantitative estimate of drug-likeness (QED) is 0.664. The summed E-state index contributed by atoms with van der Waals surface area (Å²) in [5.74, 6) is 0.754. The third-order valence-electron chi connectivity index (χ3n) is 2.59. The van der Waals surface area contributed by atoms with Gasteiger partial charge in [0.1, 0.15) is 11.4 Å². The van der Waals surface area contributed by atoms with Gasteiger partial charge >= 0.3 is 0 Å². The first-order valence-corrected chi connectivity index (χ1v) is 7.38. The molecule has 0 aliphatic heterocycles. The Morgan fingerprint density at radius 2 is 2.33 bits per heavy atom. The van der Waals surface area contributed by atoms with Gasteiger partial charge < -0.3 is 4.74 Å². The highest BCUT2D eigenvalue weighted by molar-refractivity contribution is 9.10. The number of rotatable bonds is 4. The van der Waals surface area contributed by atoms with Crippen molar-refractivity contribution in [3.8, 4) is 5.75 Å². The van der Waals surface area contributed by atoms with Crippen molar-refractivity contribution in [1.82, 2.24) is 14.9 Å². The lowest BCUT2D eigenvalue weighted by molar-refractivity contribution is 0.338. The molecule has 0 saturated heterocycles. The van der Waals surface area contributed by atoms with Crippen molar-refractivity contribution in [2.45, 2.75) is 13.8 Å². The molecular weight excluding hydrogens is 356 g/mol. The summed E-state index contributed by atoms with van der Waals surface area (Å²) in [5.41, 5.74) is 0.759. The van der Waals surface area contributed by atoms with Crippen molar-refractivity contribution in [2.75, 3.05) is 6.61 Å². The summed E-state index contributed by atoms with van der Waals surface area (Å²) in [7, 11) is 0. The van der Waals surface area contributed by atoms with Crippen LogP contribution in [0.25, 0.3) is 0 Å². The minimum absolute atomic E-state index is 0.145. The molecule has 0 fully saturated rings. The first-order valence-electron chi connectivity index (χ1n) is 6.18. The van der Waals surface area contributed by atoms with E-state index in [0.29, 0.717) is 12.3 Å². The second kappa shape index (κ2) is 6.77. The van der Waals surface area contributed by atoms with Crippen molar-refractivity contribution >= 4 is 34.4 Å². The molecule has 2 rings (SSSR count). The fourth-order valence-electron chi connectivity index (χ4n) is 1.57. The fourth-order valence-corrected chi connectivity index (χ4v) is 2.26. The molecule has 1 N–H and O–H groups in total. The lowest BCUT2D eigenvalue weighted by Crippen LogP contribution is -2.22. The average Bonchev–Trinajstić information content (AvgIpc) is 2.46. The van der Waals surface area contributed by atoms with Gasteiger partial charge in [-0.05, 0) is 65.8 Å². The lowest BCUT2D eigenvalue weighted by Gasteiger charge is -2.05. The molecule has 0 aliphatic rings. The molecule has 110 valence electrons. The Kier molecular flexibility index (Phi) is 5.03. The number of nitrogens with zero attached hydrogens (tertiary/aromatic N) is 3. The summed E-state index contributed by atoms with van der Waals surface area (Å²) < 4.78 is 7.49. The number of aromatic amines is 1. The van der Waals surface area contributed by atoms with Crippen LogP contribution in [-0.4, -0.2) is 27.7 Å². The topological polar surface area (TPSA) is 72.3 Å². The van der Waals surface area contributed by atoms with Crippen LogP contribution >= 0.6 is 28.1 Å². The predicted molar refractivity (Wildman–Crippen MR) is 86.7 cm³/mol. The Labute approximate surface area is 134 Å². The zero-order chi connectivity index (χ0) is 15.4. The highest BCUT2D eigenvalue weighted by atomic mass is 79.9. The molecular formula is C13H13BrN4O2S. The number of aromatic nitrogens is 3. The van der Waals surface area contributed by atoms with E-state index in [0.717, 1.165) is 20.5 Å². The van der Waals surface area contributed by atoms with Crippen LogP contribution < -0.4 is 10.3 Å². The van der Waals surface area contributed by atoms with Gasteiger partial charge in [-0.25, -0.2) is 0 Å². The van der Waals surface area contributed by atoms with Crippen LogP contribution in [-0.2, 0) is 0 Å². The highest BCUT2D eigenvalue weighted by Crippen LogP contribution is 2.25. The summed E-state index contributed by atoms with van der Waals surface area (Å²) in [6, 6.07) is 5.52. The Morgan fingerprint density at radius 3 is 3.00 bits per heavy atom. The van der Waals surface area contributed by atoms with E-state index in [1.54, 1.807) is 13.1 Å². The minimum Gasteiger partial charge on any atom is -0.493 e. The summed E-state index contributed by atoms with van der Waals surface area (Å²) in [6.07, 6.45) is 1.55. The predicted octanol–water partition coefficient (Wildman–Crippen LogP) is 2.65. The van der Waals surface area contributed by atoms with Crippen LogP contribution in [0.4, 0.5) is 0 Å². The van der Waals surface area contributed by atoms with Gasteiger partial charge in [0.25, 0.3) is 5.56 Å². The molecule has 0 saturated carbocycles. The first-order chi connectivity index (χ1) is 10.0. The molecule has 0 atom stereocenters. The molecule has 0 spiro atoms. The van der Waals surface area contributed by atoms with E-state index in [1.165, 1.54) is 0 Å². The van der Waals surface area contributed by atoms with E-state index >= 15 is 0 Å². The third-order valence-corrected chi connectivity index (χ3v) is 3.48. The third kappa shape index (κ3) is 3.64. The van der Waals surface area contributed by atoms with Crippen LogP contribution in [0, 0.1) is 11.7 Å². The van der Waals surface area contributed by atoms with Gasteiger partial charge in [0.2, 0.25) is 4.77 Å². The maximum atomic E-state index is 11.9. The highest BCUT2D eigenvalue weighted by Gasteiger charge is 2.03. The number of ether oxygens (including phenoxy) is 1. The molecule has 0 unspecified atom stereocenters. The van der Waals surface area contributed by atoms with Gasteiger partial charge in [0.15, 0.2) is 0 Å².